The summed E-state index contributed by atoms with van der Waals surface area (Å²) in [6, 6.07) is 11.3. The van der Waals surface area contributed by atoms with Gasteiger partial charge in [0.15, 0.2) is 0 Å². The number of nitrogens with zero attached hydrogens (tertiary/aromatic N) is 4. The van der Waals surface area contributed by atoms with Gasteiger partial charge in [-0.3, -0.25) is 4.79 Å². The lowest BCUT2D eigenvalue weighted by Gasteiger charge is -2.41. The minimum absolute atomic E-state index is 0.0547. The van der Waals surface area contributed by atoms with Gasteiger partial charge in [0, 0.05) is 45.6 Å². The second-order valence-electron chi connectivity index (χ2n) is 8.46. The Morgan fingerprint density at radius 2 is 1.94 bits per heavy atom. The van der Waals surface area contributed by atoms with E-state index in [-0.39, 0.29) is 17.7 Å². The summed E-state index contributed by atoms with van der Waals surface area (Å²) in [5.41, 5.74) is 2.00. The summed E-state index contributed by atoms with van der Waals surface area (Å²) >= 11 is 0. The fourth-order valence-electron chi connectivity index (χ4n) is 4.08. The van der Waals surface area contributed by atoms with Gasteiger partial charge in [0.2, 0.25) is 11.8 Å². The summed E-state index contributed by atoms with van der Waals surface area (Å²) in [6.45, 7) is 8.17. The van der Waals surface area contributed by atoms with Gasteiger partial charge in [0.25, 0.3) is 5.56 Å². The van der Waals surface area contributed by atoms with Gasteiger partial charge in [-0.05, 0) is 42.2 Å². The first-order chi connectivity index (χ1) is 15.8. The molecule has 8 nitrogen and oxygen atoms in total. The minimum Gasteiger partial charge on any atom is -0.438 e. The van der Waals surface area contributed by atoms with E-state index in [1.165, 1.54) is 4.57 Å². The molecule has 0 spiro atoms. The van der Waals surface area contributed by atoms with Gasteiger partial charge < -0.3 is 18.6 Å². The Hall–Kier alpha value is -3.68. The Labute approximate surface area is 192 Å². The molecule has 0 unspecified atom stereocenters. The van der Waals surface area contributed by atoms with Gasteiger partial charge in [0.05, 0.1) is 6.04 Å². The molecular formula is C25H28N4O4. The fraction of sp³-hybridized carbons (Fsp3) is 0.360. The molecule has 0 N–H and O–H groups in total. The van der Waals surface area contributed by atoms with Crippen LogP contribution in [-0.4, -0.2) is 37.9 Å². The Morgan fingerprint density at radius 3 is 2.55 bits per heavy atom. The van der Waals surface area contributed by atoms with Crippen molar-refractivity contribution < 1.29 is 13.9 Å². The highest BCUT2D eigenvalue weighted by molar-refractivity contribution is 5.70. The molecule has 1 saturated heterocycles. The van der Waals surface area contributed by atoms with Crippen LogP contribution in [0.1, 0.15) is 43.2 Å². The summed E-state index contributed by atoms with van der Waals surface area (Å²) in [4.78, 5) is 26.6. The number of aryl methyl sites for hydroxylation is 3. The molecule has 1 aliphatic heterocycles. The highest BCUT2D eigenvalue weighted by atomic mass is 16.6. The number of hydrogen-bond donors (Lipinski definition) is 0. The van der Waals surface area contributed by atoms with Crippen molar-refractivity contribution in [2.75, 3.05) is 6.54 Å². The molecular weight excluding hydrogens is 420 g/mol. The molecule has 2 atom stereocenters. The Kier molecular flexibility index (Phi) is 6.18. The van der Waals surface area contributed by atoms with Crippen molar-refractivity contribution in [2.45, 2.75) is 44.8 Å². The lowest BCUT2D eigenvalue weighted by molar-refractivity contribution is -0.0327. The zero-order valence-electron chi connectivity index (χ0n) is 19.2. The first-order valence-corrected chi connectivity index (χ1v) is 11.0. The maximum Gasteiger partial charge on any atom is 0.411 e. The Bertz CT molecular complexity index is 1210. The monoisotopic (exact) mass is 448 g/mol. The van der Waals surface area contributed by atoms with Gasteiger partial charge in [-0.2, -0.15) is 0 Å². The second kappa shape index (κ2) is 9.05. The van der Waals surface area contributed by atoms with Gasteiger partial charge in [-0.15, -0.1) is 10.2 Å². The lowest BCUT2D eigenvalue weighted by atomic mass is 9.91. The Balaban J connectivity index is 1.43. The van der Waals surface area contributed by atoms with Gasteiger partial charge in [0.1, 0.15) is 5.60 Å². The topological polar surface area (TPSA) is 90.5 Å². The van der Waals surface area contributed by atoms with E-state index in [0.717, 1.165) is 16.7 Å². The van der Waals surface area contributed by atoms with E-state index in [2.05, 4.69) is 16.8 Å². The molecule has 3 heterocycles. The van der Waals surface area contributed by atoms with Crippen LogP contribution in [0.3, 0.4) is 0 Å². The van der Waals surface area contributed by atoms with Gasteiger partial charge in [-0.1, -0.05) is 30.8 Å². The van der Waals surface area contributed by atoms with E-state index in [1.807, 2.05) is 37.3 Å². The van der Waals surface area contributed by atoms with Crippen molar-refractivity contribution in [3.63, 3.8) is 0 Å². The first kappa shape index (κ1) is 22.5. The van der Waals surface area contributed by atoms with Crippen molar-refractivity contribution >= 4 is 6.09 Å². The van der Waals surface area contributed by atoms with Gasteiger partial charge >= 0.3 is 6.09 Å². The zero-order chi connectivity index (χ0) is 23.6. The van der Waals surface area contributed by atoms with Crippen molar-refractivity contribution in [3.8, 4) is 11.1 Å². The maximum atomic E-state index is 12.9. The molecule has 1 aromatic carbocycles. The highest BCUT2D eigenvalue weighted by Crippen LogP contribution is 2.34. The summed E-state index contributed by atoms with van der Waals surface area (Å²) in [6.07, 6.45) is 4.77. The van der Waals surface area contributed by atoms with Crippen LogP contribution in [0, 0.1) is 6.92 Å². The molecule has 0 radical (unpaired) electrons. The van der Waals surface area contributed by atoms with Crippen LogP contribution in [0.5, 0.6) is 0 Å². The third-order valence-electron chi connectivity index (χ3n) is 6.30. The number of amides is 1. The summed E-state index contributed by atoms with van der Waals surface area (Å²) in [5.74, 6) is 1.04. The number of aromatic nitrogens is 3. The van der Waals surface area contributed by atoms with E-state index >= 15 is 0 Å². The summed E-state index contributed by atoms with van der Waals surface area (Å²) < 4.78 is 12.8. The van der Waals surface area contributed by atoms with Crippen molar-refractivity contribution in [1.29, 1.82) is 0 Å². The van der Waals surface area contributed by atoms with Crippen LogP contribution >= 0.6 is 0 Å². The van der Waals surface area contributed by atoms with Crippen molar-refractivity contribution in [1.82, 2.24) is 19.7 Å². The van der Waals surface area contributed by atoms with Crippen LogP contribution in [0.4, 0.5) is 4.79 Å². The SMILES string of the molecule is C=C[C@@]1(CCc2nnc(C)o2)CCN([C@@H](C)c2ccc(-c3ccn(C)c(=O)c3)cc2)C(=O)O1. The predicted octanol–water partition coefficient (Wildman–Crippen LogP) is 4.20. The number of benzene rings is 1. The number of cyclic esters (lactones) is 1. The second-order valence-corrected chi connectivity index (χ2v) is 8.46. The molecule has 0 saturated carbocycles. The minimum atomic E-state index is -0.751. The average Bonchev–Trinajstić information content (AvgIpc) is 3.24. The van der Waals surface area contributed by atoms with Crippen LogP contribution in [0.2, 0.25) is 0 Å². The lowest BCUT2D eigenvalue weighted by Crippen LogP contribution is -2.49. The number of pyridine rings is 1. The van der Waals surface area contributed by atoms with E-state index in [4.69, 9.17) is 9.15 Å². The fourth-order valence-corrected chi connectivity index (χ4v) is 4.08. The molecule has 2 aromatic heterocycles. The summed E-state index contributed by atoms with van der Waals surface area (Å²) in [7, 11) is 1.72. The van der Waals surface area contributed by atoms with Crippen molar-refractivity contribution in [3.05, 3.63) is 82.9 Å². The molecule has 3 aromatic rings. The largest absolute Gasteiger partial charge is 0.438 e. The van der Waals surface area contributed by atoms with Gasteiger partial charge in [-0.25, -0.2) is 4.79 Å². The molecule has 4 rings (SSSR count). The van der Waals surface area contributed by atoms with E-state index < -0.39 is 5.60 Å². The molecule has 0 bridgehead atoms. The molecule has 1 aliphatic rings. The van der Waals surface area contributed by atoms with E-state index in [9.17, 15) is 9.59 Å². The molecule has 0 aliphatic carbocycles. The number of ether oxygens (including phenoxy) is 1. The number of carbonyl (C=O) groups is 1. The third-order valence-corrected chi connectivity index (χ3v) is 6.30. The van der Waals surface area contributed by atoms with Crippen LogP contribution in [-0.2, 0) is 18.2 Å². The number of rotatable bonds is 7. The van der Waals surface area contributed by atoms with Crippen molar-refractivity contribution in [2.24, 2.45) is 7.05 Å². The van der Waals surface area contributed by atoms with Crippen LogP contribution in [0.25, 0.3) is 11.1 Å². The van der Waals surface area contributed by atoms with E-state index in [0.29, 0.717) is 37.6 Å². The number of hydrogen-bond acceptors (Lipinski definition) is 6. The predicted molar refractivity (Wildman–Crippen MR) is 124 cm³/mol. The Morgan fingerprint density at radius 1 is 1.18 bits per heavy atom. The average molecular weight is 449 g/mol. The zero-order valence-corrected chi connectivity index (χ0v) is 19.2. The molecule has 1 amide bonds. The molecule has 1 fully saturated rings. The first-order valence-electron chi connectivity index (χ1n) is 11.0. The quantitative estimate of drug-likeness (QED) is 0.503. The highest BCUT2D eigenvalue weighted by Gasteiger charge is 2.40. The maximum absolute atomic E-state index is 12.9. The normalized spacial score (nSPS) is 19.2. The molecule has 33 heavy (non-hydrogen) atoms. The van der Waals surface area contributed by atoms with E-state index in [1.54, 1.807) is 37.2 Å². The smallest absolute Gasteiger partial charge is 0.411 e. The molecule has 172 valence electrons. The van der Waals surface area contributed by atoms with Crippen LogP contribution < -0.4 is 5.56 Å². The molecule has 8 heteroatoms. The summed E-state index contributed by atoms with van der Waals surface area (Å²) in [5, 5.41) is 7.86. The third kappa shape index (κ3) is 4.74. The van der Waals surface area contributed by atoms with Crippen LogP contribution in [0.15, 0.2) is 64.5 Å². The number of carbonyl (C=O) groups excluding carboxylic acids is 1. The standard InChI is InChI=1S/C25H28N4O4/c1-5-25(12-10-22-27-26-18(3)32-22)13-15-29(24(31)33-25)17(2)19-6-8-20(9-7-19)21-11-14-28(4)23(30)16-21/h5-9,11,14,16-17H,1,10,12-13,15H2,2-4H3/t17-,25+/m0/s1.